The van der Waals surface area contributed by atoms with Gasteiger partial charge in [0, 0.05) is 19.2 Å². The van der Waals surface area contributed by atoms with E-state index in [0.717, 1.165) is 18.5 Å². The number of benzene rings is 1. The number of nitrogens with one attached hydrogen (secondary N) is 1. The topological polar surface area (TPSA) is 52.6 Å². The summed E-state index contributed by atoms with van der Waals surface area (Å²) in [6.45, 7) is 3.28. The van der Waals surface area contributed by atoms with Crippen molar-refractivity contribution in [2.75, 3.05) is 26.7 Å². The number of aliphatic hydroxyl groups is 1. The lowest BCUT2D eigenvalue weighted by Crippen LogP contribution is -2.35. The molecule has 0 heterocycles. The largest absolute Gasteiger partial charge is 0.384 e. The highest BCUT2D eigenvalue weighted by molar-refractivity contribution is 5.77. The fourth-order valence-electron chi connectivity index (χ4n) is 2.03. The Morgan fingerprint density at radius 1 is 1.43 bits per heavy atom. The molecule has 1 rings (SSSR count). The average Bonchev–Trinajstić information content (AvgIpc) is 2.44. The first-order valence-electron chi connectivity index (χ1n) is 6.91. The van der Waals surface area contributed by atoms with Gasteiger partial charge in [0.2, 0.25) is 5.91 Å². The molecule has 0 spiro atoms. The summed E-state index contributed by atoms with van der Waals surface area (Å²) in [6.07, 6.45) is 0.906. The van der Waals surface area contributed by atoms with Crippen LogP contribution in [-0.4, -0.2) is 42.7 Å². The minimum atomic E-state index is -0.369. The summed E-state index contributed by atoms with van der Waals surface area (Å²) in [7, 11) is 1.59. The van der Waals surface area contributed by atoms with Crippen molar-refractivity contribution in [3.63, 3.8) is 0 Å². The summed E-state index contributed by atoms with van der Waals surface area (Å²) in [5, 5.41) is 11.3. The molecule has 1 aromatic rings. The van der Waals surface area contributed by atoms with E-state index in [1.165, 1.54) is 12.1 Å². The first-order chi connectivity index (χ1) is 10.1. The number of aliphatic hydroxyl groups excluding tert-OH is 1. The molecule has 0 atom stereocenters. The summed E-state index contributed by atoms with van der Waals surface area (Å²) < 4.78 is 13.6. The number of likely N-dealkylation sites (N-methyl/N-ethyl adjacent to an activating group) is 1. The Labute approximate surface area is 125 Å². The van der Waals surface area contributed by atoms with Gasteiger partial charge in [-0.25, -0.2) is 4.39 Å². The predicted octanol–water partition coefficient (Wildman–Crippen LogP) is 1.13. The summed E-state index contributed by atoms with van der Waals surface area (Å²) in [6, 6.07) is 4.55. The zero-order valence-electron chi connectivity index (χ0n) is 12.4. The number of nitrogens with zero attached hydrogens (tertiary/aromatic N) is 1. The van der Waals surface area contributed by atoms with E-state index in [1.54, 1.807) is 13.1 Å². The van der Waals surface area contributed by atoms with Crippen LogP contribution < -0.4 is 5.32 Å². The molecule has 0 bridgehead atoms. The molecule has 0 unspecified atom stereocenters. The Balaban J connectivity index is 2.87. The van der Waals surface area contributed by atoms with E-state index in [1.807, 2.05) is 11.8 Å². The Bertz CT molecular complexity index is 535. The fraction of sp³-hybridized carbons (Fsp3) is 0.438. The molecule has 0 fully saturated rings. The van der Waals surface area contributed by atoms with Gasteiger partial charge in [-0.15, -0.1) is 0 Å². The van der Waals surface area contributed by atoms with Crippen LogP contribution in [0.25, 0.3) is 0 Å². The Kier molecular flexibility index (Phi) is 7.44. The van der Waals surface area contributed by atoms with Crippen molar-refractivity contribution in [2.24, 2.45) is 0 Å². The maximum absolute atomic E-state index is 13.6. The lowest BCUT2D eigenvalue weighted by molar-refractivity contribution is -0.121. The third-order valence-electron chi connectivity index (χ3n) is 2.86. The summed E-state index contributed by atoms with van der Waals surface area (Å²) in [4.78, 5) is 13.4. The van der Waals surface area contributed by atoms with Crippen molar-refractivity contribution < 1.29 is 14.3 Å². The lowest BCUT2D eigenvalue weighted by atomic mass is 10.1. The van der Waals surface area contributed by atoms with Gasteiger partial charge in [-0.1, -0.05) is 18.8 Å². The highest BCUT2D eigenvalue weighted by Crippen LogP contribution is 2.11. The number of rotatable bonds is 6. The third-order valence-corrected chi connectivity index (χ3v) is 2.86. The molecule has 5 heteroatoms. The molecule has 114 valence electrons. The van der Waals surface area contributed by atoms with Crippen molar-refractivity contribution in [1.29, 1.82) is 0 Å². The molecule has 1 aromatic carbocycles. The second-order valence-electron chi connectivity index (χ2n) is 4.69. The van der Waals surface area contributed by atoms with Gasteiger partial charge in [0.05, 0.1) is 6.54 Å². The molecule has 21 heavy (non-hydrogen) atoms. The van der Waals surface area contributed by atoms with Gasteiger partial charge >= 0.3 is 0 Å². The van der Waals surface area contributed by atoms with Gasteiger partial charge in [0.25, 0.3) is 0 Å². The molecule has 0 aromatic heterocycles. The van der Waals surface area contributed by atoms with Crippen LogP contribution in [0.3, 0.4) is 0 Å². The first kappa shape index (κ1) is 17.2. The molecule has 0 saturated carbocycles. The monoisotopic (exact) mass is 292 g/mol. The van der Waals surface area contributed by atoms with Gasteiger partial charge < -0.3 is 10.4 Å². The highest BCUT2D eigenvalue weighted by atomic mass is 19.1. The molecule has 0 aliphatic heterocycles. The molecule has 0 aliphatic rings. The van der Waals surface area contributed by atoms with Gasteiger partial charge in [-0.3, -0.25) is 9.69 Å². The number of carbonyl (C=O) groups is 1. The standard InChI is InChI=1S/C16H21FN2O2/c1-3-6-19(12-16(21)18-2)11-14-8-13(5-4-7-20)9-15(17)10-14/h8-10,20H,3,6-7,11-12H2,1-2H3,(H,18,21). The normalized spacial score (nSPS) is 10.1. The van der Waals surface area contributed by atoms with Crippen molar-refractivity contribution in [2.45, 2.75) is 19.9 Å². The number of halogens is 1. The molecule has 1 amide bonds. The Hall–Kier alpha value is -1.90. The van der Waals surface area contributed by atoms with Crippen molar-refractivity contribution in [1.82, 2.24) is 10.2 Å². The molecular formula is C16H21FN2O2. The maximum Gasteiger partial charge on any atom is 0.233 e. The molecule has 4 nitrogen and oxygen atoms in total. The Morgan fingerprint density at radius 2 is 2.19 bits per heavy atom. The quantitative estimate of drug-likeness (QED) is 0.773. The second-order valence-corrected chi connectivity index (χ2v) is 4.69. The SMILES string of the molecule is CCCN(CC(=O)NC)Cc1cc(F)cc(C#CCO)c1. The Morgan fingerprint density at radius 3 is 2.81 bits per heavy atom. The molecular weight excluding hydrogens is 271 g/mol. The first-order valence-corrected chi connectivity index (χ1v) is 6.91. The van der Waals surface area contributed by atoms with Gasteiger partial charge in [-0.2, -0.15) is 0 Å². The lowest BCUT2D eigenvalue weighted by Gasteiger charge is -2.21. The second kappa shape index (κ2) is 9.11. The molecule has 0 radical (unpaired) electrons. The van der Waals surface area contributed by atoms with E-state index in [4.69, 9.17) is 5.11 Å². The molecule has 0 saturated heterocycles. The highest BCUT2D eigenvalue weighted by Gasteiger charge is 2.10. The average molecular weight is 292 g/mol. The van der Waals surface area contributed by atoms with Crippen LogP contribution in [0.4, 0.5) is 4.39 Å². The van der Waals surface area contributed by atoms with E-state index >= 15 is 0 Å². The number of hydrogen-bond donors (Lipinski definition) is 2. The van der Waals surface area contributed by atoms with E-state index in [9.17, 15) is 9.18 Å². The van der Waals surface area contributed by atoms with E-state index < -0.39 is 0 Å². The molecule has 0 aliphatic carbocycles. The van der Waals surface area contributed by atoms with Crippen LogP contribution in [-0.2, 0) is 11.3 Å². The van der Waals surface area contributed by atoms with Crippen molar-refractivity contribution >= 4 is 5.91 Å². The minimum absolute atomic E-state index is 0.0693. The predicted molar refractivity (Wildman–Crippen MR) is 80.0 cm³/mol. The zero-order valence-corrected chi connectivity index (χ0v) is 12.4. The van der Waals surface area contributed by atoms with E-state index in [2.05, 4.69) is 17.2 Å². The summed E-state index contributed by atoms with van der Waals surface area (Å²) in [5.41, 5.74) is 1.28. The smallest absolute Gasteiger partial charge is 0.233 e. The van der Waals surface area contributed by atoms with Crippen LogP contribution in [0.2, 0.25) is 0 Å². The van der Waals surface area contributed by atoms with Crippen molar-refractivity contribution in [3.05, 3.63) is 35.1 Å². The van der Waals surface area contributed by atoms with E-state index in [0.29, 0.717) is 12.1 Å². The number of amides is 1. The van der Waals surface area contributed by atoms with Crippen LogP contribution in [0.5, 0.6) is 0 Å². The van der Waals surface area contributed by atoms with Crippen LogP contribution in [0, 0.1) is 17.7 Å². The van der Waals surface area contributed by atoms with Crippen LogP contribution >= 0.6 is 0 Å². The van der Waals surface area contributed by atoms with Crippen LogP contribution in [0.15, 0.2) is 18.2 Å². The van der Waals surface area contributed by atoms with Crippen molar-refractivity contribution in [3.8, 4) is 11.8 Å². The third kappa shape index (κ3) is 6.39. The number of carbonyl (C=O) groups excluding carboxylic acids is 1. The maximum atomic E-state index is 13.6. The van der Waals surface area contributed by atoms with Crippen LogP contribution in [0.1, 0.15) is 24.5 Å². The fourth-order valence-corrected chi connectivity index (χ4v) is 2.03. The number of hydrogen-bond acceptors (Lipinski definition) is 3. The van der Waals surface area contributed by atoms with Gasteiger partial charge in [0.1, 0.15) is 12.4 Å². The summed E-state index contributed by atoms with van der Waals surface area (Å²) >= 11 is 0. The molecule has 2 N–H and O–H groups in total. The van der Waals surface area contributed by atoms with Gasteiger partial charge in [-0.05, 0) is 36.7 Å². The zero-order chi connectivity index (χ0) is 15.7. The summed E-state index contributed by atoms with van der Waals surface area (Å²) in [5.74, 6) is 4.76. The van der Waals surface area contributed by atoms with Gasteiger partial charge in [0.15, 0.2) is 0 Å². The van der Waals surface area contributed by atoms with E-state index in [-0.39, 0.29) is 24.9 Å². The minimum Gasteiger partial charge on any atom is -0.384 e.